The van der Waals surface area contributed by atoms with Crippen molar-refractivity contribution >= 4 is 16.8 Å². The molecule has 3 heterocycles. The van der Waals surface area contributed by atoms with E-state index in [0.29, 0.717) is 18.1 Å². The standard InChI is InChI=1S/C22H20F5N3O2/c1-2-28-11-15(13-3-4-17(24)16(9-13)22(25,26)27)20-18(28)6-8-30(21(20)32)12-19(31)29-7-5-14(23)10-29/h3-4,6,8-9,11,14H,2,5,7,10,12H2,1H3. The van der Waals surface area contributed by atoms with Gasteiger partial charge in [-0.3, -0.25) is 9.59 Å². The third-order valence-electron chi connectivity index (χ3n) is 5.72. The lowest BCUT2D eigenvalue weighted by Gasteiger charge is -2.16. The lowest BCUT2D eigenvalue weighted by atomic mass is 10.0. The van der Waals surface area contributed by atoms with Crippen LogP contribution in [0.5, 0.6) is 0 Å². The number of halogens is 5. The Balaban J connectivity index is 1.81. The van der Waals surface area contributed by atoms with E-state index >= 15 is 0 Å². The molecule has 0 saturated carbocycles. The Kier molecular flexibility index (Phi) is 5.56. The Morgan fingerprint density at radius 3 is 2.56 bits per heavy atom. The Morgan fingerprint density at radius 2 is 1.94 bits per heavy atom. The van der Waals surface area contributed by atoms with Crippen LogP contribution in [0.3, 0.4) is 0 Å². The number of hydrogen-bond acceptors (Lipinski definition) is 2. The van der Waals surface area contributed by atoms with Crippen LogP contribution in [-0.2, 0) is 24.1 Å². The molecule has 2 aromatic heterocycles. The minimum Gasteiger partial charge on any atom is -0.347 e. The molecule has 32 heavy (non-hydrogen) atoms. The highest BCUT2D eigenvalue weighted by Gasteiger charge is 2.34. The first-order valence-corrected chi connectivity index (χ1v) is 10.1. The minimum absolute atomic E-state index is 0.0247. The second-order valence-electron chi connectivity index (χ2n) is 7.76. The van der Waals surface area contributed by atoms with E-state index in [0.717, 1.165) is 10.6 Å². The van der Waals surface area contributed by atoms with E-state index in [4.69, 9.17) is 0 Å². The Hall–Kier alpha value is -3.17. The number of nitrogens with zero attached hydrogens (tertiary/aromatic N) is 3. The number of rotatable bonds is 4. The van der Waals surface area contributed by atoms with Crippen LogP contribution in [0.1, 0.15) is 18.9 Å². The van der Waals surface area contributed by atoms with Crippen molar-refractivity contribution in [1.29, 1.82) is 0 Å². The lowest BCUT2D eigenvalue weighted by molar-refractivity contribution is -0.140. The van der Waals surface area contributed by atoms with Crippen molar-refractivity contribution in [2.45, 2.75) is 38.8 Å². The molecule has 1 atom stereocenters. The van der Waals surface area contributed by atoms with Crippen LogP contribution in [0.2, 0.25) is 0 Å². The fourth-order valence-electron chi connectivity index (χ4n) is 4.05. The average Bonchev–Trinajstić information content (AvgIpc) is 3.33. The summed E-state index contributed by atoms with van der Waals surface area (Å²) in [5.41, 5.74) is -1.25. The van der Waals surface area contributed by atoms with Crippen molar-refractivity contribution in [1.82, 2.24) is 14.0 Å². The number of aryl methyl sites for hydroxylation is 1. The van der Waals surface area contributed by atoms with Gasteiger partial charge in [0.2, 0.25) is 5.91 Å². The molecule has 1 aliphatic rings. The normalized spacial score (nSPS) is 16.8. The van der Waals surface area contributed by atoms with E-state index in [1.54, 1.807) is 16.8 Å². The maximum atomic E-state index is 13.8. The number of likely N-dealkylation sites (tertiary alicyclic amines) is 1. The van der Waals surface area contributed by atoms with Crippen LogP contribution >= 0.6 is 0 Å². The van der Waals surface area contributed by atoms with E-state index in [1.165, 1.54) is 17.2 Å². The predicted molar refractivity (Wildman–Crippen MR) is 108 cm³/mol. The van der Waals surface area contributed by atoms with Crippen LogP contribution in [0.15, 0.2) is 41.5 Å². The van der Waals surface area contributed by atoms with Gasteiger partial charge in [0.05, 0.1) is 23.0 Å². The van der Waals surface area contributed by atoms with Gasteiger partial charge in [0.1, 0.15) is 18.5 Å². The first kappa shape index (κ1) is 22.0. The molecule has 170 valence electrons. The predicted octanol–water partition coefficient (Wildman–Crippen LogP) is 4.22. The molecular formula is C22H20F5N3O2. The quantitative estimate of drug-likeness (QED) is 0.556. The van der Waals surface area contributed by atoms with Crippen molar-refractivity contribution in [3.05, 3.63) is 58.4 Å². The van der Waals surface area contributed by atoms with Crippen molar-refractivity contribution in [3.63, 3.8) is 0 Å². The topological polar surface area (TPSA) is 47.2 Å². The average molecular weight is 453 g/mol. The highest BCUT2D eigenvalue weighted by atomic mass is 19.4. The second-order valence-corrected chi connectivity index (χ2v) is 7.76. The lowest BCUT2D eigenvalue weighted by Crippen LogP contribution is -2.35. The van der Waals surface area contributed by atoms with Gasteiger partial charge >= 0.3 is 6.18 Å². The van der Waals surface area contributed by atoms with Gasteiger partial charge in [-0.05, 0) is 37.1 Å². The number of hydrogen-bond donors (Lipinski definition) is 0. The fourth-order valence-corrected chi connectivity index (χ4v) is 4.05. The number of carbonyl (C=O) groups is 1. The van der Waals surface area contributed by atoms with Crippen LogP contribution in [0.25, 0.3) is 22.0 Å². The fraction of sp³-hybridized carbons (Fsp3) is 0.364. The molecule has 1 saturated heterocycles. The number of benzene rings is 1. The van der Waals surface area contributed by atoms with Gasteiger partial charge in [0.15, 0.2) is 0 Å². The molecule has 5 nitrogen and oxygen atoms in total. The molecule has 1 fully saturated rings. The number of carbonyl (C=O) groups excluding carboxylic acids is 1. The zero-order chi connectivity index (χ0) is 23.2. The molecule has 10 heteroatoms. The summed E-state index contributed by atoms with van der Waals surface area (Å²) >= 11 is 0. The molecule has 0 radical (unpaired) electrons. The summed E-state index contributed by atoms with van der Waals surface area (Å²) in [6.45, 7) is 2.19. The first-order chi connectivity index (χ1) is 15.1. The molecule has 1 amide bonds. The van der Waals surface area contributed by atoms with Gasteiger partial charge in [-0.1, -0.05) is 6.07 Å². The minimum atomic E-state index is -4.89. The van der Waals surface area contributed by atoms with Crippen molar-refractivity contribution < 1.29 is 26.7 Å². The number of pyridine rings is 1. The highest BCUT2D eigenvalue weighted by Crippen LogP contribution is 2.36. The maximum Gasteiger partial charge on any atom is 0.419 e. The largest absolute Gasteiger partial charge is 0.419 e. The van der Waals surface area contributed by atoms with Gasteiger partial charge in [-0.15, -0.1) is 0 Å². The number of alkyl halides is 4. The van der Waals surface area contributed by atoms with Crippen molar-refractivity contribution in [2.24, 2.45) is 0 Å². The van der Waals surface area contributed by atoms with Crippen LogP contribution < -0.4 is 5.56 Å². The molecule has 1 aliphatic heterocycles. The molecule has 0 bridgehead atoms. The van der Waals surface area contributed by atoms with E-state index in [2.05, 4.69) is 0 Å². The molecule has 3 aromatic rings. The summed E-state index contributed by atoms with van der Waals surface area (Å²) < 4.78 is 69.7. The highest BCUT2D eigenvalue weighted by molar-refractivity contribution is 5.95. The molecule has 1 unspecified atom stereocenters. The van der Waals surface area contributed by atoms with E-state index < -0.39 is 35.2 Å². The van der Waals surface area contributed by atoms with E-state index in [-0.39, 0.29) is 42.6 Å². The van der Waals surface area contributed by atoms with Crippen LogP contribution in [0, 0.1) is 5.82 Å². The summed E-state index contributed by atoms with van der Waals surface area (Å²) in [4.78, 5) is 27.1. The third-order valence-corrected chi connectivity index (χ3v) is 5.72. The first-order valence-electron chi connectivity index (χ1n) is 10.1. The summed E-state index contributed by atoms with van der Waals surface area (Å²) in [6.07, 6.45) is -2.76. The maximum absolute atomic E-state index is 13.8. The van der Waals surface area contributed by atoms with E-state index in [9.17, 15) is 31.5 Å². The van der Waals surface area contributed by atoms with Gasteiger partial charge in [-0.25, -0.2) is 8.78 Å². The Bertz CT molecular complexity index is 1240. The molecule has 4 rings (SSSR count). The summed E-state index contributed by atoms with van der Waals surface area (Å²) in [5, 5.41) is 0.131. The second kappa shape index (κ2) is 8.07. The van der Waals surface area contributed by atoms with Crippen LogP contribution in [0.4, 0.5) is 22.0 Å². The summed E-state index contributed by atoms with van der Waals surface area (Å²) in [5.74, 6) is -1.82. The number of aromatic nitrogens is 2. The molecule has 1 aromatic carbocycles. The van der Waals surface area contributed by atoms with Gasteiger partial charge < -0.3 is 14.0 Å². The van der Waals surface area contributed by atoms with Gasteiger partial charge in [-0.2, -0.15) is 13.2 Å². The zero-order valence-electron chi connectivity index (χ0n) is 17.1. The molecular weight excluding hydrogens is 433 g/mol. The van der Waals surface area contributed by atoms with Crippen molar-refractivity contribution in [2.75, 3.05) is 13.1 Å². The summed E-state index contributed by atoms with van der Waals surface area (Å²) in [6, 6.07) is 4.19. The monoisotopic (exact) mass is 453 g/mol. The number of fused-ring (bicyclic) bond motifs is 1. The third kappa shape index (κ3) is 3.89. The van der Waals surface area contributed by atoms with Gasteiger partial charge in [0.25, 0.3) is 5.56 Å². The van der Waals surface area contributed by atoms with E-state index in [1.807, 2.05) is 6.92 Å². The smallest absolute Gasteiger partial charge is 0.347 e. The SMILES string of the molecule is CCn1cc(-c2ccc(F)c(C(F)(F)F)c2)c2c(=O)n(CC(=O)N3CCC(F)C3)ccc21. The van der Waals surface area contributed by atoms with Gasteiger partial charge in [0, 0.05) is 31.0 Å². The van der Waals surface area contributed by atoms with Crippen LogP contribution in [-0.4, -0.2) is 39.2 Å². The number of amides is 1. The Morgan fingerprint density at radius 1 is 1.19 bits per heavy atom. The molecule has 0 spiro atoms. The Labute approximate surface area is 179 Å². The summed E-state index contributed by atoms with van der Waals surface area (Å²) in [7, 11) is 0. The molecule has 0 N–H and O–H groups in total. The molecule has 0 aliphatic carbocycles. The van der Waals surface area contributed by atoms with Crippen molar-refractivity contribution in [3.8, 4) is 11.1 Å². The zero-order valence-corrected chi connectivity index (χ0v) is 17.1.